The quantitative estimate of drug-likeness (QED) is 0.147. The van der Waals surface area contributed by atoms with E-state index < -0.39 is 110 Å². The van der Waals surface area contributed by atoms with Crippen LogP contribution in [0.5, 0.6) is 0 Å². The van der Waals surface area contributed by atoms with Crippen LogP contribution in [0.3, 0.4) is 0 Å². The molecule has 20 heteroatoms. The minimum Gasteiger partial charge on any atom is -0.446 e. The number of benzene rings is 2. The molecule has 2 aromatic rings. The first-order valence-corrected chi connectivity index (χ1v) is 26.0. The van der Waals surface area contributed by atoms with Crippen molar-refractivity contribution in [3.63, 3.8) is 0 Å². The van der Waals surface area contributed by atoms with E-state index in [4.69, 9.17) is 37.9 Å². The number of hydrogen-bond acceptors (Lipinski definition) is 16. The topological polar surface area (TPSA) is 250 Å². The van der Waals surface area contributed by atoms with Gasteiger partial charge in [0.15, 0.2) is 18.4 Å². The number of fused-ring (bicyclic) bond motifs is 7. The second-order valence-corrected chi connectivity index (χ2v) is 22.7. The van der Waals surface area contributed by atoms with Crippen molar-refractivity contribution in [2.45, 2.75) is 165 Å². The summed E-state index contributed by atoms with van der Waals surface area (Å²) in [7, 11) is 0. The molecule has 1 spiro atoms. The van der Waals surface area contributed by atoms with Gasteiger partial charge >= 0.3 is 12.2 Å². The smallest absolute Gasteiger partial charge is 0.411 e. The number of hydrogen-bond donors (Lipinski definition) is 7. The molecule has 8 fully saturated rings. The lowest BCUT2D eigenvalue weighted by Crippen LogP contribution is -2.65. The SMILES string of the molecule is C[C@@H]1CC[C@@]2(OC1)O[C@H]1C[C@H]3[C@@H]4CC[C@H]5C[C@@H](O[C@@H]6O[C@H](COC(=O)Nc7ccccc7F)[C@@H](O[C@@H]7O[C@H](COC(=O)Nc8ccccc8F)[C@@H](O)[C@H](O)[C@H]7O)[C@H](O)[C@H]6O)CC[C@]5(C)[C@H]4C(=O)C[C@]3(C)[C@H]1[C@@H]2C. The minimum atomic E-state index is -1.98. The van der Waals surface area contributed by atoms with Crippen molar-refractivity contribution >= 4 is 29.3 Å². The fraction of sp³-hybridized carbons (Fsp3) is 0.717. The second kappa shape index (κ2) is 20.5. The molecule has 8 aliphatic rings. The van der Waals surface area contributed by atoms with Crippen LogP contribution in [0.2, 0.25) is 0 Å². The Morgan fingerprint density at radius 1 is 0.726 bits per heavy atom. The fourth-order valence-electron chi connectivity index (χ4n) is 14.7. The molecule has 22 atom stereocenters. The molecule has 18 nitrogen and oxygen atoms in total. The van der Waals surface area contributed by atoms with Crippen molar-refractivity contribution in [2.24, 2.45) is 52.3 Å². The Morgan fingerprint density at radius 3 is 1.99 bits per heavy atom. The van der Waals surface area contributed by atoms with Crippen LogP contribution in [0, 0.1) is 63.9 Å². The highest BCUT2D eigenvalue weighted by Gasteiger charge is 2.71. The normalized spacial score (nSPS) is 45.1. The molecule has 4 aliphatic carbocycles. The van der Waals surface area contributed by atoms with E-state index in [0.29, 0.717) is 49.9 Å². The monoisotopic (exact) mass is 1030 g/mol. The molecule has 4 saturated heterocycles. The number of halogens is 2. The summed E-state index contributed by atoms with van der Waals surface area (Å²) in [5, 5.41) is 60.6. The number of Topliss-reactive ketones (excluding diaryl/α,β-unsaturated/α-hetero) is 1. The van der Waals surface area contributed by atoms with Gasteiger partial charge in [0, 0.05) is 24.7 Å². The zero-order chi connectivity index (χ0) is 51.7. The van der Waals surface area contributed by atoms with E-state index in [1.54, 1.807) is 0 Å². The summed E-state index contributed by atoms with van der Waals surface area (Å²) < 4.78 is 77.1. The average Bonchev–Trinajstić information content (AvgIpc) is 3.80. The molecule has 0 unspecified atom stereocenters. The standard InChI is InChI=1S/C53H70F2N2O16/c1-25-15-18-53(68-22-25)26(2)39-36(73-53)20-30-29-14-13-27-19-28(16-17-51(27,3)40(29)35(58)21-52(30,39)4)69-47-45(63)43(61)46(38(71-47)24-67-50(65)57-34-12-8-6-10-32(34)55)72-48-44(62)42(60)41(59)37(70-48)23-66-49(64)56-33-11-7-5-9-31(33)54/h5-12,25-30,36-48,59-63H,13-24H2,1-4H3,(H,56,64)(H,57,65)/t25-,26+,27+,28+,29+,30+,36+,37-,38-,39+,40-,41-,42+,43-,44-,45-,46-,47-,48+,51+,52+,53-/m1/s1. The molecular weight excluding hydrogens is 959 g/mol. The van der Waals surface area contributed by atoms with Gasteiger partial charge in [-0.3, -0.25) is 15.4 Å². The van der Waals surface area contributed by atoms with Crippen molar-refractivity contribution in [2.75, 3.05) is 30.5 Å². The lowest BCUT2D eigenvalue weighted by molar-refractivity contribution is -0.363. The van der Waals surface area contributed by atoms with Gasteiger partial charge in [-0.05, 0) is 110 Å². The van der Waals surface area contributed by atoms with Crippen LogP contribution in [0.25, 0.3) is 0 Å². The van der Waals surface area contributed by atoms with Crippen LogP contribution in [0.15, 0.2) is 48.5 Å². The molecule has 10 rings (SSSR count). The van der Waals surface area contributed by atoms with Crippen LogP contribution in [0.4, 0.5) is 29.7 Å². The van der Waals surface area contributed by atoms with E-state index in [1.165, 1.54) is 36.4 Å². The molecule has 0 bridgehead atoms. The summed E-state index contributed by atoms with van der Waals surface area (Å²) >= 11 is 0. The number of carbonyl (C=O) groups is 3. The van der Waals surface area contributed by atoms with Gasteiger partial charge < -0.3 is 63.4 Å². The third kappa shape index (κ3) is 9.69. The van der Waals surface area contributed by atoms with E-state index >= 15 is 0 Å². The summed E-state index contributed by atoms with van der Waals surface area (Å²) in [6, 6.07) is 10.7. The van der Waals surface area contributed by atoms with Gasteiger partial charge in [-0.15, -0.1) is 0 Å². The molecule has 73 heavy (non-hydrogen) atoms. The largest absolute Gasteiger partial charge is 0.446 e. The van der Waals surface area contributed by atoms with Crippen molar-refractivity contribution in [1.29, 1.82) is 0 Å². The molecule has 402 valence electrons. The first kappa shape index (κ1) is 52.5. The van der Waals surface area contributed by atoms with Crippen molar-refractivity contribution < 1.29 is 86.6 Å². The van der Waals surface area contributed by atoms with E-state index in [2.05, 4.69) is 38.3 Å². The summed E-state index contributed by atoms with van der Waals surface area (Å²) in [6.45, 7) is 8.35. The highest BCUT2D eigenvalue weighted by Crippen LogP contribution is 2.70. The number of rotatable bonds is 10. The van der Waals surface area contributed by atoms with Gasteiger partial charge in [0.25, 0.3) is 0 Å². The predicted octanol–water partition coefficient (Wildman–Crippen LogP) is 5.41. The summed E-state index contributed by atoms with van der Waals surface area (Å²) in [4.78, 5) is 40.3. The lowest BCUT2D eigenvalue weighted by atomic mass is 9.44. The summed E-state index contributed by atoms with van der Waals surface area (Å²) in [6.07, 6.45) is -13.2. The first-order chi connectivity index (χ1) is 34.8. The van der Waals surface area contributed by atoms with Crippen molar-refractivity contribution in [3.8, 4) is 0 Å². The molecule has 0 aromatic heterocycles. The highest BCUT2D eigenvalue weighted by molar-refractivity contribution is 5.85. The molecule has 4 heterocycles. The van der Waals surface area contributed by atoms with Gasteiger partial charge in [-0.25, -0.2) is 18.4 Å². The molecule has 0 radical (unpaired) electrons. The Morgan fingerprint density at radius 2 is 1.34 bits per heavy atom. The molecule has 4 saturated carbocycles. The Hall–Kier alpha value is -3.93. The van der Waals surface area contributed by atoms with Gasteiger partial charge in [-0.1, -0.05) is 52.0 Å². The number of nitrogens with one attached hydrogen (secondary N) is 2. The van der Waals surface area contributed by atoms with Gasteiger partial charge in [0.2, 0.25) is 0 Å². The Labute approximate surface area is 422 Å². The third-order valence-electron chi connectivity index (χ3n) is 18.5. The molecule has 2 amide bonds. The predicted molar refractivity (Wildman–Crippen MR) is 252 cm³/mol. The Kier molecular flexibility index (Phi) is 14.8. The Balaban J connectivity index is 0.807. The van der Waals surface area contributed by atoms with E-state index in [1.807, 2.05) is 0 Å². The van der Waals surface area contributed by atoms with E-state index in [9.17, 15) is 48.7 Å². The molecule has 4 aliphatic heterocycles. The highest BCUT2D eigenvalue weighted by atomic mass is 19.1. The molecule has 7 N–H and O–H groups in total. The maximum absolute atomic E-state index is 14.7. The average molecular weight is 1030 g/mol. The number of anilines is 2. The number of ether oxygens (including phenoxy) is 8. The number of amides is 2. The van der Waals surface area contributed by atoms with Crippen molar-refractivity contribution in [3.05, 3.63) is 60.2 Å². The zero-order valence-corrected chi connectivity index (χ0v) is 41.6. The number of ketones is 1. The maximum atomic E-state index is 14.7. The Bertz CT molecular complexity index is 2340. The van der Waals surface area contributed by atoms with Crippen LogP contribution < -0.4 is 10.6 Å². The third-order valence-corrected chi connectivity index (χ3v) is 18.5. The van der Waals surface area contributed by atoms with Crippen LogP contribution in [-0.4, -0.2) is 143 Å². The summed E-state index contributed by atoms with van der Waals surface area (Å²) in [5.41, 5.74) is -0.853. The molecular formula is C53H70F2N2O16. The van der Waals surface area contributed by atoms with Crippen LogP contribution >= 0.6 is 0 Å². The zero-order valence-electron chi connectivity index (χ0n) is 41.6. The fourth-order valence-corrected chi connectivity index (χ4v) is 14.7. The maximum Gasteiger partial charge on any atom is 0.411 e. The van der Waals surface area contributed by atoms with E-state index in [-0.39, 0.29) is 57.9 Å². The minimum absolute atomic E-state index is 0.0582. The van der Waals surface area contributed by atoms with Crippen molar-refractivity contribution in [1.82, 2.24) is 0 Å². The van der Waals surface area contributed by atoms with E-state index in [0.717, 1.165) is 44.2 Å². The number of para-hydroxylation sites is 2. The van der Waals surface area contributed by atoms with Crippen LogP contribution in [-0.2, 0) is 42.7 Å². The lowest BCUT2D eigenvalue weighted by Gasteiger charge is -2.60. The van der Waals surface area contributed by atoms with Gasteiger partial charge in [0.1, 0.15) is 79.5 Å². The van der Waals surface area contributed by atoms with Gasteiger partial charge in [-0.2, -0.15) is 0 Å². The molecule has 2 aromatic carbocycles. The first-order valence-electron chi connectivity index (χ1n) is 26.0. The number of aliphatic hydroxyl groups is 5. The second-order valence-electron chi connectivity index (χ2n) is 22.7. The summed E-state index contributed by atoms with van der Waals surface area (Å²) in [5.74, 6) is -0.234. The number of carbonyl (C=O) groups excluding carboxylic acids is 3. The van der Waals surface area contributed by atoms with Gasteiger partial charge in [0.05, 0.1) is 30.2 Å². The van der Waals surface area contributed by atoms with Crippen LogP contribution in [0.1, 0.15) is 85.5 Å². The number of aliphatic hydroxyl groups excluding tert-OH is 5.